The lowest BCUT2D eigenvalue weighted by molar-refractivity contribution is -0.122. The van der Waals surface area contributed by atoms with Crippen molar-refractivity contribution in [1.82, 2.24) is 15.3 Å². The van der Waals surface area contributed by atoms with Gasteiger partial charge in [0.1, 0.15) is 0 Å². The molecule has 0 fully saturated rings. The van der Waals surface area contributed by atoms with Crippen molar-refractivity contribution in [1.29, 1.82) is 0 Å². The molecular formula is C9H16N4O. The number of rotatable bonds is 5. The Balaban J connectivity index is 2.18. The average molecular weight is 196 g/mol. The number of hydrogen-bond acceptors (Lipinski definition) is 3. The zero-order valence-corrected chi connectivity index (χ0v) is 8.29. The summed E-state index contributed by atoms with van der Waals surface area (Å²) in [5, 5.41) is 2.76. The van der Waals surface area contributed by atoms with Crippen molar-refractivity contribution in [3.8, 4) is 0 Å². The second-order valence-electron chi connectivity index (χ2n) is 3.13. The van der Waals surface area contributed by atoms with E-state index >= 15 is 0 Å². The summed E-state index contributed by atoms with van der Waals surface area (Å²) in [6, 6.07) is -0.392. The number of aromatic amines is 1. The van der Waals surface area contributed by atoms with E-state index in [0.717, 1.165) is 12.1 Å². The van der Waals surface area contributed by atoms with E-state index in [9.17, 15) is 4.79 Å². The van der Waals surface area contributed by atoms with Gasteiger partial charge in [0.2, 0.25) is 5.91 Å². The molecule has 1 aromatic rings. The highest BCUT2D eigenvalue weighted by molar-refractivity contribution is 5.81. The van der Waals surface area contributed by atoms with Gasteiger partial charge < -0.3 is 16.0 Å². The van der Waals surface area contributed by atoms with E-state index in [4.69, 9.17) is 5.73 Å². The molecule has 0 spiro atoms. The second kappa shape index (κ2) is 5.39. The molecule has 0 saturated carbocycles. The molecule has 1 atom stereocenters. The molecule has 5 nitrogen and oxygen atoms in total. The minimum atomic E-state index is -0.392. The maximum absolute atomic E-state index is 11.2. The smallest absolute Gasteiger partial charge is 0.236 e. The molecule has 1 unspecified atom stereocenters. The van der Waals surface area contributed by atoms with Gasteiger partial charge in [-0.3, -0.25) is 4.79 Å². The Kier molecular flexibility index (Phi) is 4.12. The summed E-state index contributed by atoms with van der Waals surface area (Å²) >= 11 is 0. The van der Waals surface area contributed by atoms with Crippen LogP contribution in [0.2, 0.25) is 0 Å². The molecule has 0 aliphatic carbocycles. The Labute approximate surface area is 83.1 Å². The molecule has 4 N–H and O–H groups in total. The largest absolute Gasteiger partial charge is 0.354 e. The van der Waals surface area contributed by atoms with Gasteiger partial charge in [-0.05, 0) is 6.42 Å². The quantitative estimate of drug-likeness (QED) is 0.610. The van der Waals surface area contributed by atoms with Crippen LogP contribution in [0.5, 0.6) is 0 Å². The maximum atomic E-state index is 11.2. The summed E-state index contributed by atoms with van der Waals surface area (Å²) in [6.07, 6.45) is 4.78. The van der Waals surface area contributed by atoms with E-state index in [1.165, 1.54) is 0 Å². The van der Waals surface area contributed by atoms with Crippen LogP contribution >= 0.6 is 0 Å². The van der Waals surface area contributed by atoms with Crippen molar-refractivity contribution in [2.75, 3.05) is 6.54 Å². The van der Waals surface area contributed by atoms with Gasteiger partial charge in [0.15, 0.2) is 0 Å². The number of hydrogen-bond donors (Lipinski definition) is 3. The molecule has 1 rings (SSSR count). The number of imidazole rings is 1. The third-order valence-electron chi connectivity index (χ3n) is 2.03. The minimum absolute atomic E-state index is 0.0907. The first-order chi connectivity index (χ1) is 6.74. The molecule has 0 aromatic carbocycles. The fourth-order valence-electron chi connectivity index (χ4n) is 1.06. The summed E-state index contributed by atoms with van der Waals surface area (Å²) < 4.78 is 0. The predicted octanol–water partition coefficient (Wildman–Crippen LogP) is -0.194. The van der Waals surface area contributed by atoms with Crippen LogP contribution in [0.25, 0.3) is 0 Å². The van der Waals surface area contributed by atoms with E-state index in [0.29, 0.717) is 13.0 Å². The minimum Gasteiger partial charge on any atom is -0.354 e. The first-order valence-corrected chi connectivity index (χ1v) is 4.74. The van der Waals surface area contributed by atoms with E-state index in [2.05, 4.69) is 15.3 Å². The third kappa shape index (κ3) is 3.18. The Morgan fingerprint density at radius 1 is 1.79 bits per heavy atom. The van der Waals surface area contributed by atoms with Gasteiger partial charge in [-0.1, -0.05) is 6.92 Å². The van der Waals surface area contributed by atoms with E-state index in [-0.39, 0.29) is 5.91 Å². The van der Waals surface area contributed by atoms with Gasteiger partial charge in [-0.25, -0.2) is 4.98 Å². The molecule has 0 radical (unpaired) electrons. The van der Waals surface area contributed by atoms with Gasteiger partial charge >= 0.3 is 0 Å². The molecule has 5 heteroatoms. The van der Waals surface area contributed by atoms with Crippen LogP contribution in [-0.4, -0.2) is 28.5 Å². The number of carbonyl (C=O) groups excluding carboxylic acids is 1. The molecule has 1 aromatic heterocycles. The number of aromatic nitrogens is 2. The van der Waals surface area contributed by atoms with E-state index in [1.807, 2.05) is 6.92 Å². The summed E-state index contributed by atoms with van der Waals surface area (Å²) in [7, 11) is 0. The van der Waals surface area contributed by atoms with Gasteiger partial charge in [0.25, 0.3) is 0 Å². The molecule has 78 valence electrons. The van der Waals surface area contributed by atoms with Crippen molar-refractivity contribution < 1.29 is 4.79 Å². The summed E-state index contributed by atoms with van der Waals surface area (Å²) in [4.78, 5) is 18.1. The summed E-state index contributed by atoms with van der Waals surface area (Å²) in [5.74, 6) is -0.0907. The Morgan fingerprint density at radius 3 is 3.14 bits per heavy atom. The predicted molar refractivity (Wildman–Crippen MR) is 53.6 cm³/mol. The lowest BCUT2D eigenvalue weighted by Crippen LogP contribution is -2.40. The number of carbonyl (C=O) groups is 1. The molecule has 1 amide bonds. The zero-order chi connectivity index (χ0) is 10.4. The summed E-state index contributed by atoms with van der Waals surface area (Å²) in [5.41, 5.74) is 6.55. The molecule has 0 saturated heterocycles. The van der Waals surface area contributed by atoms with Crippen molar-refractivity contribution in [2.24, 2.45) is 5.73 Å². The molecule has 14 heavy (non-hydrogen) atoms. The Morgan fingerprint density at radius 2 is 2.57 bits per heavy atom. The fourth-order valence-corrected chi connectivity index (χ4v) is 1.06. The fraction of sp³-hybridized carbons (Fsp3) is 0.556. The SMILES string of the molecule is CCC(N)C(=O)NCCc1cnc[nH]1. The number of nitrogens with zero attached hydrogens (tertiary/aromatic N) is 1. The lowest BCUT2D eigenvalue weighted by atomic mass is 10.2. The van der Waals surface area contributed by atoms with Crippen LogP contribution in [0.4, 0.5) is 0 Å². The monoisotopic (exact) mass is 196 g/mol. The maximum Gasteiger partial charge on any atom is 0.236 e. The van der Waals surface area contributed by atoms with Crippen molar-refractivity contribution in [3.05, 3.63) is 18.2 Å². The molecule has 0 bridgehead atoms. The number of amides is 1. The third-order valence-corrected chi connectivity index (χ3v) is 2.03. The highest BCUT2D eigenvalue weighted by atomic mass is 16.2. The molecule has 0 aliphatic rings. The van der Waals surface area contributed by atoms with Crippen molar-refractivity contribution in [3.63, 3.8) is 0 Å². The van der Waals surface area contributed by atoms with Gasteiger partial charge in [0.05, 0.1) is 12.4 Å². The van der Waals surface area contributed by atoms with Crippen LogP contribution in [0.15, 0.2) is 12.5 Å². The average Bonchev–Trinajstić information content (AvgIpc) is 2.69. The molecule has 1 heterocycles. The highest BCUT2D eigenvalue weighted by Crippen LogP contribution is 1.91. The topological polar surface area (TPSA) is 83.8 Å². The number of nitrogens with one attached hydrogen (secondary N) is 2. The van der Waals surface area contributed by atoms with E-state index < -0.39 is 6.04 Å². The van der Waals surface area contributed by atoms with Gasteiger partial charge in [0, 0.05) is 24.9 Å². The van der Waals surface area contributed by atoms with Crippen molar-refractivity contribution in [2.45, 2.75) is 25.8 Å². The molecular weight excluding hydrogens is 180 g/mol. The summed E-state index contributed by atoms with van der Waals surface area (Å²) in [6.45, 7) is 2.48. The lowest BCUT2D eigenvalue weighted by Gasteiger charge is -2.08. The normalized spacial score (nSPS) is 12.4. The first-order valence-electron chi connectivity index (χ1n) is 4.74. The van der Waals surface area contributed by atoms with Gasteiger partial charge in [-0.2, -0.15) is 0 Å². The van der Waals surface area contributed by atoms with Gasteiger partial charge in [-0.15, -0.1) is 0 Å². The van der Waals surface area contributed by atoms with Crippen LogP contribution < -0.4 is 11.1 Å². The molecule has 0 aliphatic heterocycles. The van der Waals surface area contributed by atoms with Crippen LogP contribution in [0, 0.1) is 0 Å². The standard InChI is InChI=1S/C9H16N4O/c1-2-8(10)9(14)12-4-3-7-5-11-6-13-7/h5-6,8H,2-4,10H2,1H3,(H,11,13)(H,12,14). The highest BCUT2D eigenvalue weighted by Gasteiger charge is 2.09. The second-order valence-corrected chi connectivity index (χ2v) is 3.13. The first kappa shape index (κ1) is 10.7. The van der Waals surface area contributed by atoms with Crippen LogP contribution in [0.3, 0.4) is 0 Å². The number of H-pyrrole nitrogens is 1. The zero-order valence-electron chi connectivity index (χ0n) is 8.29. The van der Waals surface area contributed by atoms with E-state index in [1.54, 1.807) is 12.5 Å². The number of nitrogens with two attached hydrogens (primary N) is 1. The Hall–Kier alpha value is -1.36. The van der Waals surface area contributed by atoms with Crippen LogP contribution in [-0.2, 0) is 11.2 Å². The van der Waals surface area contributed by atoms with Crippen molar-refractivity contribution >= 4 is 5.91 Å². The Bertz CT molecular complexity index is 270. The van der Waals surface area contributed by atoms with Crippen LogP contribution in [0.1, 0.15) is 19.0 Å².